The fourth-order valence-corrected chi connectivity index (χ4v) is 3.10. The summed E-state index contributed by atoms with van der Waals surface area (Å²) in [5, 5.41) is 3.57. The molecule has 0 saturated carbocycles. The van der Waals surface area contributed by atoms with E-state index in [4.69, 9.17) is 0 Å². The van der Waals surface area contributed by atoms with Crippen LogP contribution in [-0.2, 0) is 6.42 Å². The van der Waals surface area contributed by atoms with Gasteiger partial charge in [-0.25, -0.2) is 0 Å². The fraction of sp³-hybridized carbons (Fsp3) is 0.647. The Morgan fingerprint density at radius 2 is 1.89 bits per heavy atom. The number of hydrogen-bond donors (Lipinski definition) is 1. The lowest BCUT2D eigenvalue weighted by atomic mass is 9.90. The van der Waals surface area contributed by atoms with Gasteiger partial charge in [0.1, 0.15) is 0 Å². The lowest BCUT2D eigenvalue weighted by molar-refractivity contribution is 0.0362. The van der Waals surface area contributed by atoms with E-state index >= 15 is 0 Å². The summed E-state index contributed by atoms with van der Waals surface area (Å²) in [6.45, 7) is 11.7. The Balaban J connectivity index is 1.97. The number of nitrogens with one attached hydrogen (secondary N) is 1. The molecule has 2 nitrogen and oxygen atoms in total. The van der Waals surface area contributed by atoms with E-state index in [1.165, 1.54) is 18.4 Å². The highest BCUT2D eigenvalue weighted by molar-refractivity contribution is 5.15. The van der Waals surface area contributed by atoms with Crippen molar-refractivity contribution < 1.29 is 0 Å². The van der Waals surface area contributed by atoms with Crippen LogP contribution in [0.5, 0.6) is 0 Å². The molecule has 1 saturated heterocycles. The second-order valence-corrected chi connectivity index (χ2v) is 6.61. The third-order valence-electron chi connectivity index (χ3n) is 4.41. The molecular weight excluding hydrogens is 232 g/mol. The standard InChI is InChI=1S/C17H28N2/c1-14-13-19(15(2)12-18-14)17(3,4)11-10-16-8-6-5-7-9-16/h5-9,14-15,18H,10-13H2,1-4H3. The van der Waals surface area contributed by atoms with Gasteiger partial charge in [0.05, 0.1) is 0 Å². The highest BCUT2D eigenvalue weighted by Crippen LogP contribution is 2.25. The van der Waals surface area contributed by atoms with Gasteiger partial charge in [0.2, 0.25) is 0 Å². The Bertz CT molecular complexity index is 386. The number of hydrogen-bond acceptors (Lipinski definition) is 2. The van der Waals surface area contributed by atoms with Gasteiger partial charge >= 0.3 is 0 Å². The monoisotopic (exact) mass is 260 g/mol. The van der Waals surface area contributed by atoms with Crippen LogP contribution >= 0.6 is 0 Å². The van der Waals surface area contributed by atoms with Crippen molar-refractivity contribution in [2.45, 2.75) is 58.2 Å². The molecule has 0 radical (unpaired) electrons. The Kier molecular flexibility index (Phi) is 4.64. The van der Waals surface area contributed by atoms with Gasteiger partial charge in [0.25, 0.3) is 0 Å². The van der Waals surface area contributed by atoms with Gasteiger partial charge in [0.15, 0.2) is 0 Å². The van der Waals surface area contributed by atoms with Crippen molar-refractivity contribution in [2.24, 2.45) is 0 Å². The van der Waals surface area contributed by atoms with Gasteiger partial charge in [0, 0.05) is 30.7 Å². The number of nitrogens with zero attached hydrogens (tertiary/aromatic N) is 1. The molecule has 1 heterocycles. The molecule has 0 amide bonds. The van der Waals surface area contributed by atoms with Crippen molar-refractivity contribution >= 4 is 0 Å². The van der Waals surface area contributed by atoms with Gasteiger partial charge in [-0.1, -0.05) is 30.3 Å². The summed E-state index contributed by atoms with van der Waals surface area (Å²) in [7, 11) is 0. The summed E-state index contributed by atoms with van der Waals surface area (Å²) < 4.78 is 0. The molecule has 0 aromatic heterocycles. The van der Waals surface area contributed by atoms with Gasteiger partial charge in [-0.3, -0.25) is 4.90 Å². The second-order valence-electron chi connectivity index (χ2n) is 6.61. The van der Waals surface area contributed by atoms with E-state index in [0.29, 0.717) is 12.1 Å². The van der Waals surface area contributed by atoms with E-state index in [0.717, 1.165) is 13.1 Å². The lowest BCUT2D eigenvalue weighted by Gasteiger charge is -2.47. The molecule has 106 valence electrons. The van der Waals surface area contributed by atoms with Crippen molar-refractivity contribution in [3.05, 3.63) is 35.9 Å². The molecule has 2 heteroatoms. The molecule has 1 fully saturated rings. The molecule has 19 heavy (non-hydrogen) atoms. The molecule has 1 aliphatic heterocycles. The van der Waals surface area contributed by atoms with Gasteiger partial charge in [-0.05, 0) is 46.1 Å². The van der Waals surface area contributed by atoms with E-state index in [-0.39, 0.29) is 5.54 Å². The zero-order valence-corrected chi connectivity index (χ0v) is 12.8. The van der Waals surface area contributed by atoms with Crippen LogP contribution in [0, 0.1) is 0 Å². The summed E-state index contributed by atoms with van der Waals surface area (Å²) in [5.41, 5.74) is 1.72. The molecule has 1 aliphatic rings. The molecule has 1 N–H and O–H groups in total. The number of benzene rings is 1. The Morgan fingerprint density at radius 1 is 1.21 bits per heavy atom. The third-order valence-corrected chi connectivity index (χ3v) is 4.41. The quantitative estimate of drug-likeness (QED) is 0.895. The maximum absolute atomic E-state index is 3.57. The average Bonchev–Trinajstić information content (AvgIpc) is 2.40. The summed E-state index contributed by atoms with van der Waals surface area (Å²) in [6, 6.07) is 12.1. The fourth-order valence-electron chi connectivity index (χ4n) is 3.10. The van der Waals surface area contributed by atoms with E-state index in [2.05, 4.69) is 68.2 Å². The van der Waals surface area contributed by atoms with Crippen LogP contribution < -0.4 is 5.32 Å². The molecule has 1 aromatic carbocycles. The predicted octanol–water partition coefficient (Wildman–Crippen LogP) is 3.08. The highest BCUT2D eigenvalue weighted by Gasteiger charge is 2.33. The lowest BCUT2D eigenvalue weighted by Crippen LogP contribution is -2.61. The average molecular weight is 260 g/mol. The van der Waals surface area contributed by atoms with Crippen molar-refractivity contribution in [1.82, 2.24) is 10.2 Å². The van der Waals surface area contributed by atoms with E-state index in [1.54, 1.807) is 0 Å². The summed E-state index contributed by atoms with van der Waals surface area (Å²) >= 11 is 0. The first-order valence-corrected chi connectivity index (χ1v) is 7.53. The summed E-state index contributed by atoms with van der Waals surface area (Å²) in [5.74, 6) is 0. The molecule has 2 atom stereocenters. The van der Waals surface area contributed by atoms with Crippen LogP contribution in [0.3, 0.4) is 0 Å². The second kappa shape index (κ2) is 6.06. The molecule has 0 bridgehead atoms. The normalized spacial score (nSPS) is 25.5. The Morgan fingerprint density at radius 3 is 2.58 bits per heavy atom. The van der Waals surface area contributed by atoms with Crippen LogP contribution in [0.25, 0.3) is 0 Å². The van der Waals surface area contributed by atoms with Crippen molar-refractivity contribution in [1.29, 1.82) is 0 Å². The number of rotatable bonds is 4. The highest BCUT2D eigenvalue weighted by atomic mass is 15.3. The zero-order valence-electron chi connectivity index (χ0n) is 12.8. The SMILES string of the molecule is CC1CN(C(C)(C)CCc2ccccc2)C(C)CN1. The van der Waals surface area contributed by atoms with Crippen LogP contribution in [0.15, 0.2) is 30.3 Å². The van der Waals surface area contributed by atoms with E-state index < -0.39 is 0 Å². The van der Waals surface area contributed by atoms with Gasteiger partial charge < -0.3 is 5.32 Å². The van der Waals surface area contributed by atoms with Crippen LogP contribution in [0.2, 0.25) is 0 Å². The predicted molar refractivity (Wildman–Crippen MR) is 82.5 cm³/mol. The maximum atomic E-state index is 3.57. The Labute approximate surface area is 118 Å². The van der Waals surface area contributed by atoms with Crippen LogP contribution in [-0.4, -0.2) is 35.6 Å². The van der Waals surface area contributed by atoms with E-state index in [9.17, 15) is 0 Å². The molecule has 2 rings (SSSR count). The van der Waals surface area contributed by atoms with Gasteiger partial charge in [-0.2, -0.15) is 0 Å². The third kappa shape index (κ3) is 3.80. The molecule has 0 aliphatic carbocycles. The van der Waals surface area contributed by atoms with Crippen molar-refractivity contribution in [3.63, 3.8) is 0 Å². The molecule has 1 aromatic rings. The summed E-state index contributed by atoms with van der Waals surface area (Å²) in [6.07, 6.45) is 2.38. The minimum Gasteiger partial charge on any atom is -0.311 e. The maximum Gasteiger partial charge on any atom is 0.0198 e. The van der Waals surface area contributed by atoms with Crippen LogP contribution in [0.1, 0.15) is 39.7 Å². The smallest absolute Gasteiger partial charge is 0.0198 e. The zero-order chi connectivity index (χ0) is 13.9. The minimum absolute atomic E-state index is 0.269. The minimum atomic E-state index is 0.269. The molecule has 0 spiro atoms. The number of piperazine rings is 1. The first kappa shape index (κ1) is 14.5. The Hall–Kier alpha value is -0.860. The molecular formula is C17H28N2. The number of aryl methyl sites for hydroxylation is 1. The van der Waals surface area contributed by atoms with E-state index in [1.807, 2.05) is 0 Å². The van der Waals surface area contributed by atoms with Crippen LogP contribution in [0.4, 0.5) is 0 Å². The summed E-state index contributed by atoms with van der Waals surface area (Å²) in [4.78, 5) is 2.68. The first-order chi connectivity index (χ1) is 8.99. The largest absolute Gasteiger partial charge is 0.311 e. The molecule has 2 unspecified atom stereocenters. The van der Waals surface area contributed by atoms with Crippen molar-refractivity contribution in [3.8, 4) is 0 Å². The topological polar surface area (TPSA) is 15.3 Å². The van der Waals surface area contributed by atoms with Gasteiger partial charge in [-0.15, -0.1) is 0 Å². The van der Waals surface area contributed by atoms with Crippen molar-refractivity contribution in [2.75, 3.05) is 13.1 Å². The first-order valence-electron chi connectivity index (χ1n) is 7.53.